The molecule has 2 aromatic carbocycles. The third-order valence-corrected chi connectivity index (χ3v) is 5.54. The average Bonchev–Trinajstić information content (AvgIpc) is 3.12. The van der Waals surface area contributed by atoms with Gasteiger partial charge in [-0.2, -0.15) is 0 Å². The van der Waals surface area contributed by atoms with E-state index in [-0.39, 0.29) is 18.3 Å². The zero-order valence-corrected chi connectivity index (χ0v) is 19.3. The SMILES string of the molecule is CC(C)(NC(=O)c1ccc2c(c1)ncn2Cc1ncc(Cl)cc1Cl)c1ccccc1.Cl. The molecule has 0 aliphatic heterocycles. The molecular weight excluding hydrogens is 455 g/mol. The van der Waals surface area contributed by atoms with Gasteiger partial charge in [0.15, 0.2) is 0 Å². The van der Waals surface area contributed by atoms with Crippen LogP contribution in [0.2, 0.25) is 10.0 Å². The van der Waals surface area contributed by atoms with Crippen molar-refractivity contribution in [2.75, 3.05) is 0 Å². The zero-order chi connectivity index (χ0) is 21.3. The van der Waals surface area contributed by atoms with Gasteiger partial charge in [0, 0.05) is 11.8 Å². The lowest BCUT2D eigenvalue weighted by atomic mass is 9.94. The Labute approximate surface area is 196 Å². The fraction of sp³-hybridized carbons (Fsp3) is 0.174. The lowest BCUT2D eigenvalue weighted by Crippen LogP contribution is -2.40. The van der Waals surface area contributed by atoms with Crippen molar-refractivity contribution in [1.29, 1.82) is 0 Å². The lowest BCUT2D eigenvalue weighted by molar-refractivity contribution is 0.0912. The van der Waals surface area contributed by atoms with Gasteiger partial charge in [-0.05, 0) is 43.7 Å². The maximum absolute atomic E-state index is 12.9. The van der Waals surface area contributed by atoms with Crippen molar-refractivity contribution in [3.63, 3.8) is 0 Å². The summed E-state index contributed by atoms with van der Waals surface area (Å²) in [6, 6.07) is 17.0. The summed E-state index contributed by atoms with van der Waals surface area (Å²) in [5, 5.41) is 4.10. The van der Waals surface area contributed by atoms with Gasteiger partial charge in [-0.1, -0.05) is 53.5 Å². The van der Waals surface area contributed by atoms with Crippen LogP contribution in [-0.2, 0) is 12.1 Å². The predicted octanol–water partition coefficient (Wildman–Crippen LogP) is 5.87. The van der Waals surface area contributed by atoms with Crippen molar-refractivity contribution < 1.29 is 4.79 Å². The van der Waals surface area contributed by atoms with Gasteiger partial charge in [0.05, 0.1) is 45.2 Å². The minimum Gasteiger partial charge on any atom is -0.343 e. The number of carbonyl (C=O) groups is 1. The van der Waals surface area contributed by atoms with Crippen LogP contribution in [0, 0.1) is 0 Å². The molecule has 0 bridgehead atoms. The Morgan fingerprint density at radius 3 is 2.52 bits per heavy atom. The Kier molecular flexibility index (Phi) is 6.90. The van der Waals surface area contributed by atoms with Crippen LogP contribution in [-0.4, -0.2) is 20.4 Å². The molecule has 4 rings (SSSR count). The first kappa shape index (κ1) is 23.1. The van der Waals surface area contributed by atoms with Crippen LogP contribution < -0.4 is 5.32 Å². The number of amides is 1. The minimum atomic E-state index is -0.496. The molecule has 0 spiro atoms. The number of fused-ring (bicyclic) bond motifs is 1. The van der Waals surface area contributed by atoms with Gasteiger partial charge >= 0.3 is 0 Å². The molecule has 8 heteroatoms. The van der Waals surface area contributed by atoms with Crippen LogP contribution in [0.4, 0.5) is 0 Å². The van der Waals surface area contributed by atoms with Crippen molar-refractivity contribution in [2.45, 2.75) is 25.9 Å². The van der Waals surface area contributed by atoms with E-state index >= 15 is 0 Å². The number of carbonyl (C=O) groups excluding carboxylic acids is 1. The molecular formula is C23H21Cl3N4O. The van der Waals surface area contributed by atoms with E-state index in [4.69, 9.17) is 23.2 Å². The lowest BCUT2D eigenvalue weighted by Gasteiger charge is -2.27. The molecule has 0 atom stereocenters. The van der Waals surface area contributed by atoms with Gasteiger partial charge < -0.3 is 9.88 Å². The fourth-order valence-electron chi connectivity index (χ4n) is 3.33. The van der Waals surface area contributed by atoms with E-state index in [0.717, 1.165) is 16.6 Å². The summed E-state index contributed by atoms with van der Waals surface area (Å²) in [5.41, 5.74) is 3.41. The van der Waals surface area contributed by atoms with Gasteiger partial charge in [0.1, 0.15) is 0 Å². The second-order valence-electron chi connectivity index (χ2n) is 7.60. The first-order valence-electron chi connectivity index (χ1n) is 9.46. The number of rotatable bonds is 5. The van der Waals surface area contributed by atoms with Crippen molar-refractivity contribution >= 4 is 52.5 Å². The van der Waals surface area contributed by atoms with Crippen LogP contribution >= 0.6 is 35.6 Å². The number of halogens is 3. The highest BCUT2D eigenvalue weighted by Crippen LogP contribution is 2.23. The summed E-state index contributed by atoms with van der Waals surface area (Å²) >= 11 is 12.2. The number of aromatic nitrogens is 3. The van der Waals surface area contributed by atoms with E-state index in [1.165, 1.54) is 0 Å². The van der Waals surface area contributed by atoms with E-state index in [9.17, 15) is 4.79 Å². The number of nitrogens with zero attached hydrogens (tertiary/aromatic N) is 3. The van der Waals surface area contributed by atoms with E-state index in [1.54, 1.807) is 30.7 Å². The van der Waals surface area contributed by atoms with Crippen LogP contribution in [0.5, 0.6) is 0 Å². The molecule has 0 fully saturated rings. The van der Waals surface area contributed by atoms with Gasteiger partial charge in [-0.3, -0.25) is 9.78 Å². The molecule has 5 nitrogen and oxygen atoms in total. The quantitative estimate of drug-likeness (QED) is 0.392. The Hall–Kier alpha value is -2.60. The number of imidazole rings is 1. The molecule has 4 aromatic rings. The third kappa shape index (κ3) is 5.01. The van der Waals surface area contributed by atoms with Crippen LogP contribution in [0.1, 0.15) is 35.5 Å². The highest BCUT2D eigenvalue weighted by Gasteiger charge is 2.23. The molecule has 1 N–H and O–H groups in total. The van der Waals surface area contributed by atoms with Gasteiger partial charge in [-0.25, -0.2) is 4.98 Å². The summed E-state index contributed by atoms with van der Waals surface area (Å²) in [6.45, 7) is 4.42. The first-order valence-corrected chi connectivity index (χ1v) is 10.2. The number of hydrogen-bond acceptors (Lipinski definition) is 3. The average molecular weight is 476 g/mol. The van der Waals surface area contributed by atoms with E-state index in [2.05, 4.69) is 15.3 Å². The first-order chi connectivity index (χ1) is 14.3. The molecule has 0 aliphatic rings. The Bertz CT molecular complexity index is 1220. The second-order valence-corrected chi connectivity index (χ2v) is 8.45. The van der Waals surface area contributed by atoms with Crippen molar-refractivity contribution in [3.05, 3.63) is 94.0 Å². The molecule has 0 unspecified atom stereocenters. The van der Waals surface area contributed by atoms with Crippen molar-refractivity contribution in [3.8, 4) is 0 Å². The number of nitrogens with one attached hydrogen (secondary N) is 1. The van der Waals surface area contributed by atoms with Crippen molar-refractivity contribution in [2.24, 2.45) is 0 Å². The van der Waals surface area contributed by atoms with Crippen molar-refractivity contribution in [1.82, 2.24) is 19.9 Å². The summed E-state index contributed by atoms with van der Waals surface area (Å²) in [6.07, 6.45) is 3.28. The van der Waals surface area contributed by atoms with Crippen LogP contribution in [0.3, 0.4) is 0 Å². The van der Waals surface area contributed by atoms with E-state index < -0.39 is 5.54 Å². The second kappa shape index (κ2) is 9.27. The topological polar surface area (TPSA) is 59.8 Å². The standard InChI is InChI=1S/C23H20Cl2N4O.ClH/c1-23(2,16-6-4-3-5-7-16)28-22(30)15-8-9-21-19(10-15)27-14-29(21)13-20-18(25)11-17(24)12-26-20;/h3-12,14H,13H2,1-2H3,(H,28,30);1H. The molecule has 0 radical (unpaired) electrons. The minimum absolute atomic E-state index is 0. The molecule has 0 saturated heterocycles. The predicted molar refractivity (Wildman–Crippen MR) is 127 cm³/mol. The fourth-order valence-corrected chi connectivity index (χ4v) is 3.77. The molecule has 0 aliphatic carbocycles. The molecule has 1 amide bonds. The molecule has 2 heterocycles. The largest absolute Gasteiger partial charge is 0.343 e. The van der Waals surface area contributed by atoms with Crippen LogP contribution in [0.15, 0.2) is 67.1 Å². The van der Waals surface area contributed by atoms with E-state index in [1.807, 2.05) is 54.8 Å². The molecule has 2 aromatic heterocycles. The molecule has 31 heavy (non-hydrogen) atoms. The summed E-state index contributed by atoms with van der Waals surface area (Å²) < 4.78 is 1.94. The Morgan fingerprint density at radius 2 is 1.81 bits per heavy atom. The molecule has 160 valence electrons. The monoisotopic (exact) mass is 474 g/mol. The summed E-state index contributed by atoms with van der Waals surface area (Å²) in [4.78, 5) is 21.6. The highest BCUT2D eigenvalue weighted by atomic mass is 35.5. The number of hydrogen-bond donors (Lipinski definition) is 1. The Morgan fingerprint density at radius 1 is 1.06 bits per heavy atom. The number of pyridine rings is 1. The third-order valence-electron chi connectivity index (χ3n) is 5.01. The Balaban J connectivity index is 0.00000272. The van der Waals surface area contributed by atoms with Crippen LogP contribution in [0.25, 0.3) is 11.0 Å². The van der Waals surface area contributed by atoms with E-state index in [0.29, 0.717) is 27.8 Å². The van der Waals surface area contributed by atoms with Gasteiger partial charge in [-0.15, -0.1) is 12.4 Å². The summed E-state index contributed by atoms with van der Waals surface area (Å²) in [7, 11) is 0. The number of benzene rings is 2. The maximum Gasteiger partial charge on any atom is 0.252 e. The maximum atomic E-state index is 12.9. The zero-order valence-electron chi connectivity index (χ0n) is 17.0. The smallest absolute Gasteiger partial charge is 0.252 e. The molecule has 0 saturated carbocycles. The summed E-state index contributed by atoms with van der Waals surface area (Å²) in [5.74, 6) is -0.150. The highest BCUT2D eigenvalue weighted by molar-refractivity contribution is 6.34. The van der Waals surface area contributed by atoms with Gasteiger partial charge in [0.25, 0.3) is 5.91 Å². The normalized spacial score (nSPS) is 11.2. The van der Waals surface area contributed by atoms with Gasteiger partial charge in [0.2, 0.25) is 0 Å².